The van der Waals surface area contributed by atoms with Gasteiger partial charge in [0.25, 0.3) is 5.91 Å². The van der Waals surface area contributed by atoms with Crippen LogP contribution in [0.1, 0.15) is 23.3 Å². The first-order valence-corrected chi connectivity index (χ1v) is 8.05. The van der Waals surface area contributed by atoms with Crippen LogP contribution < -0.4 is 5.73 Å². The van der Waals surface area contributed by atoms with Crippen molar-refractivity contribution in [3.8, 4) is 0 Å². The highest BCUT2D eigenvalue weighted by molar-refractivity contribution is 8.00. The van der Waals surface area contributed by atoms with E-state index in [0.717, 1.165) is 12.8 Å². The van der Waals surface area contributed by atoms with E-state index in [0.29, 0.717) is 30.5 Å². The molecule has 1 aromatic rings. The summed E-state index contributed by atoms with van der Waals surface area (Å²) in [5.41, 5.74) is 5.77. The van der Waals surface area contributed by atoms with E-state index >= 15 is 0 Å². The monoisotopic (exact) mass is 310 g/mol. The maximum atomic E-state index is 12.7. The van der Waals surface area contributed by atoms with Crippen molar-refractivity contribution in [2.24, 2.45) is 11.7 Å². The Bertz CT molecular complexity index is 557. The fourth-order valence-corrected chi connectivity index (χ4v) is 4.22. The SMILES string of the molecule is NCCn1cnc(C(=O)N2C(C(=O)O)CSC2C2CC2)c1. The van der Waals surface area contributed by atoms with Gasteiger partial charge < -0.3 is 20.3 Å². The van der Waals surface area contributed by atoms with Gasteiger partial charge in [0.1, 0.15) is 11.7 Å². The number of hydrogen-bond acceptors (Lipinski definition) is 5. The molecule has 1 aliphatic carbocycles. The number of carbonyl (C=O) groups excluding carboxylic acids is 1. The Morgan fingerprint density at radius 3 is 2.86 bits per heavy atom. The van der Waals surface area contributed by atoms with Gasteiger partial charge in [-0.3, -0.25) is 4.79 Å². The second-order valence-corrected chi connectivity index (χ2v) is 6.56. The van der Waals surface area contributed by atoms with Crippen LogP contribution in [0.5, 0.6) is 0 Å². The van der Waals surface area contributed by atoms with E-state index < -0.39 is 12.0 Å². The fourth-order valence-electron chi connectivity index (χ4n) is 2.59. The normalized spacial score (nSPS) is 25.3. The minimum atomic E-state index is -0.944. The lowest BCUT2D eigenvalue weighted by Gasteiger charge is -2.26. The molecule has 0 spiro atoms. The number of rotatable bonds is 5. The molecule has 1 amide bonds. The average molecular weight is 310 g/mol. The molecule has 1 saturated carbocycles. The van der Waals surface area contributed by atoms with Gasteiger partial charge in [-0.05, 0) is 18.8 Å². The highest BCUT2D eigenvalue weighted by atomic mass is 32.2. The molecule has 2 unspecified atom stereocenters. The summed E-state index contributed by atoms with van der Waals surface area (Å²) in [5, 5.41) is 9.31. The summed E-state index contributed by atoms with van der Waals surface area (Å²) in [4.78, 5) is 29.7. The number of carboxylic acids is 1. The van der Waals surface area contributed by atoms with Crippen LogP contribution in [0.4, 0.5) is 0 Å². The Balaban J connectivity index is 1.82. The number of aliphatic carboxylic acids is 1. The number of amides is 1. The fraction of sp³-hybridized carbons (Fsp3) is 0.615. The Morgan fingerprint density at radius 2 is 2.24 bits per heavy atom. The smallest absolute Gasteiger partial charge is 0.327 e. The number of aromatic nitrogens is 2. The lowest BCUT2D eigenvalue weighted by Crippen LogP contribution is -2.46. The minimum absolute atomic E-state index is 0.0294. The first-order chi connectivity index (χ1) is 10.1. The standard InChI is InChI=1S/C13H18N4O3S/c14-3-4-16-5-9(15-7-16)11(18)17-10(13(19)20)6-21-12(17)8-1-2-8/h5,7-8,10,12H,1-4,6,14H2,(H,19,20). The Labute approximate surface area is 126 Å². The summed E-state index contributed by atoms with van der Waals surface area (Å²) in [6.45, 7) is 1.05. The van der Waals surface area contributed by atoms with Gasteiger partial charge >= 0.3 is 5.97 Å². The van der Waals surface area contributed by atoms with Gasteiger partial charge in [-0.25, -0.2) is 9.78 Å². The largest absolute Gasteiger partial charge is 0.480 e. The van der Waals surface area contributed by atoms with E-state index in [1.165, 1.54) is 4.90 Å². The maximum absolute atomic E-state index is 12.7. The predicted molar refractivity (Wildman–Crippen MR) is 77.8 cm³/mol. The van der Waals surface area contributed by atoms with E-state index in [1.54, 1.807) is 28.9 Å². The summed E-state index contributed by atoms with van der Waals surface area (Å²) in [6.07, 6.45) is 5.33. The summed E-state index contributed by atoms with van der Waals surface area (Å²) in [6, 6.07) is -0.757. The van der Waals surface area contributed by atoms with Gasteiger partial charge in [0.15, 0.2) is 0 Å². The van der Waals surface area contributed by atoms with Crippen LogP contribution in [0.3, 0.4) is 0 Å². The number of imidazole rings is 1. The molecule has 1 aliphatic heterocycles. The molecule has 2 aliphatic rings. The molecule has 0 radical (unpaired) electrons. The molecule has 8 heteroatoms. The summed E-state index contributed by atoms with van der Waals surface area (Å²) in [5.74, 6) is -0.360. The van der Waals surface area contributed by atoms with Gasteiger partial charge in [-0.15, -0.1) is 11.8 Å². The van der Waals surface area contributed by atoms with E-state index in [9.17, 15) is 14.7 Å². The first kappa shape index (κ1) is 14.4. The highest BCUT2D eigenvalue weighted by Crippen LogP contribution is 2.45. The van der Waals surface area contributed by atoms with Crippen LogP contribution in [0, 0.1) is 5.92 Å². The summed E-state index contributed by atoms with van der Waals surface area (Å²) >= 11 is 1.57. The van der Waals surface area contributed by atoms with Crippen molar-refractivity contribution in [1.29, 1.82) is 0 Å². The molecule has 7 nitrogen and oxygen atoms in total. The van der Waals surface area contributed by atoms with Gasteiger partial charge in [-0.2, -0.15) is 0 Å². The molecule has 1 aromatic heterocycles. The molecule has 114 valence electrons. The molecule has 1 saturated heterocycles. The van der Waals surface area contributed by atoms with Crippen LogP contribution in [-0.4, -0.2) is 55.1 Å². The Morgan fingerprint density at radius 1 is 1.48 bits per heavy atom. The van der Waals surface area contributed by atoms with Gasteiger partial charge in [0.2, 0.25) is 0 Å². The molecule has 0 bridgehead atoms. The minimum Gasteiger partial charge on any atom is -0.480 e. The molecule has 21 heavy (non-hydrogen) atoms. The van der Waals surface area contributed by atoms with E-state index in [2.05, 4.69) is 4.98 Å². The van der Waals surface area contributed by atoms with E-state index in [4.69, 9.17) is 5.73 Å². The van der Waals surface area contributed by atoms with E-state index in [-0.39, 0.29) is 11.3 Å². The van der Waals surface area contributed by atoms with Crippen molar-refractivity contribution in [3.05, 3.63) is 18.2 Å². The number of thioether (sulfide) groups is 1. The first-order valence-electron chi connectivity index (χ1n) is 7.00. The van der Waals surface area contributed by atoms with Crippen LogP contribution in [0.2, 0.25) is 0 Å². The van der Waals surface area contributed by atoms with Crippen LogP contribution in [0.25, 0.3) is 0 Å². The molecule has 3 N–H and O–H groups in total. The van der Waals surface area contributed by atoms with Crippen molar-refractivity contribution >= 4 is 23.6 Å². The topological polar surface area (TPSA) is 101 Å². The lowest BCUT2D eigenvalue weighted by atomic mass is 10.2. The molecule has 3 rings (SSSR count). The second kappa shape index (κ2) is 5.69. The molecule has 2 atom stereocenters. The number of nitrogens with two attached hydrogens (primary N) is 1. The lowest BCUT2D eigenvalue weighted by molar-refractivity contribution is -0.141. The molecular weight excluding hydrogens is 292 g/mol. The van der Waals surface area contributed by atoms with E-state index in [1.807, 2.05) is 0 Å². The number of carboxylic acid groups (broad SMARTS) is 1. The van der Waals surface area contributed by atoms with Gasteiger partial charge in [-0.1, -0.05) is 0 Å². The molecule has 2 heterocycles. The number of hydrogen-bond donors (Lipinski definition) is 2. The zero-order chi connectivity index (χ0) is 15.0. The zero-order valence-electron chi connectivity index (χ0n) is 11.5. The van der Waals surface area contributed by atoms with Crippen molar-refractivity contribution in [3.63, 3.8) is 0 Å². The maximum Gasteiger partial charge on any atom is 0.327 e. The quantitative estimate of drug-likeness (QED) is 0.807. The average Bonchev–Trinajstić information content (AvgIpc) is 3.02. The highest BCUT2D eigenvalue weighted by Gasteiger charge is 2.48. The van der Waals surface area contributed by atoms with Crippen molar-refractivity contribution < 1.29 is 14.7 Å². The number of carbonyl (C=O) groups is 2. The third-order valence-corrected chi connectivity index (χ3v) is 5.28. The third-order valence-electron chi connectivity index (χ3n) is 3.82. The van der Waals surface area contributed by atoms with Crippen molar-refractivity contribution in [1.82, 2.24) is 14.5 Å². The Kier molecular flexibility index (Phi) is 3.90. The Hall–Kier alpha value is -1.54. The van der Waals surface area contributed by atoms with Gasteiger partial charge in [0.05, 0.1) is 11.7 Å². The van der Waals surface area contributed by atoms with Crippen LogP contribution in [0.15, 0.2) is 12.5 Å². The second-order valence-electron chi connectivity index (χ2n) is 5.41. The molecule has 0 aromatic carbocycles. The summed E-state index contributed by atoms with van der Waals surface area (Å²) < 4.78 is 1.75. The van der Waals surface area contributed by atoms with Gasteiger partial charge in [0, 0.05) is 25.0 Å². The van der Waals surface area contributed by atoms with Crippen molar-refractivity contribution in [2.45, 2.75) is 30.8 Å². The number of nitrogens with zero attached hydrogens (tertiary/aromatic N) is 3. The van der Waals surface area contributed by atoms with Crippen LogP contribution in [-0.2, 0) is 11.3 Å². The zero-order valence-corrected chi connectivity index (χ0v) is 12.3. The molecule has 2 fully saturated rings. The third kappa shape index (κ3) is 2.77. The van der Waals surface area contributed by atoms with Crippen molar-refractivity contribution in [2.75, 3.05) is 12.3 Å². The predicted octanol–water partition coefficient (Wildman–Crippen LogP) is 0.220. The summed E-state index contributed by atoms with van der Waals surface area (Å²) in [7, 11) is 0. The van der Waals surface area contributed by atoms with Crippen LogP contribution >= 0.6 is 11.8 Å². The molecular formula is C13H18N4O3S.